The van der Waals surface area contributed by atoms with Crippen molar-refractivity contribution >= 4 is 0 Å². The van der Waals surface area contributed by atoms with Gasteiger partial charge in [0, 0.05) is 0 Å². The molecule has 0 spiro atoms. The molecule has 1 aliphatic heterocycles. The van der Waals surface area contributed by atoms with Gasteiger partial charge in [-0.1, -0.05) is 0 Å². The molecule has 0 aliphatic carbocycles. The average Bonchev–Trinajstić information content (AvgIpc) is 2.79. The highest BCUT2D eigenvalue weighted by molar-refractivity contribution is 5.07. The molecule has 1 aromatic rings. The Morgan fingerprint density at radius 2 is 2.36 bits per heavy atom. The van der Waals surface area contributed by atoms with Crippen molar-refractivity contribution in [3.05, 3.63) is 24.2 Å². The summed E-state index contributed by atoms with van der Waals surface area (Å²) in [6.45, 7) is 2.12. The summed E-state index contributed by atoms with van der Waals surface area (Å²) >= 11 is 0. The number of hydrogen-bond donors (Lipinski definition) is 1. The standard InChI is InChI=1S/C11H17NO2/c1-8-5-6-10(14-8)11(12-2)9-4-3-7-13-9/h3-4,7-8,10-12H,5-6H2,1-2H3. The van der Waals surface area contributed by atoms with E-state index in [9.17, 15) is 0 Å². The zero-order valence-electron chi connectivity index (χ0n) is 8.69. The lowest BCUT2D eigenvalue weighted by molar-refractivity contribution is 0.0286. The Hall–Kier alpha value is -0.800. The minimum atomic E-state index is 0.190. The maximum atomic E-state index is 5.82. The topological polar surface area (TPSA) is 34.4 Å². The fraction of sp³-hybridized carbons (Fsp3) is 0.636. The molecule has 1 saturated heterocycles. The third-order valence-electron chi connectivity index (χ3n) is 2.80. The van der Waals surface area contributed by atoms with Gasteiger partial charge in [0.2, 0.25) is 0 Å². The first-order valence-corrected chi connectivity index (χ1v) is 5.17. The van der Waals surface area contributed by atoms with Crippen molar-refractivity contribution in [3.63, 3.8) is 0 Å². The predicted octanol–water partition coefficient (Wildman–Crippen LogP) is 2.11. The predicted molar refractivity (Wildman–Crippen MR) is 54.1 cm³/mol. The minimum Gasteiger partial charge on any atom is -0.468 e. The van der Waals surface area contributed by atoms with Gasteiger partial charge in [0.05, 0.1) is 24.5 Å². The van der Waals surface area contributed by atoms with E-state index in [1.165, 1.54) is 0 Å². The van der Waals surface area contributed by atoms with Gasteiger partial charge in [-0.25, -0.2) is 0 Å². The molecule has 14 heavy (non-hydrogen) atoms. The average molecular weight is 195 g/mol. The van der Waals surface area contributed by atoms with E-state index >= 15 is 0 Å². The zero-order valence-corrected chi connectivity index (χ0v) is 8.69. The number of likely N-dealkylation sites (N-methyl/N-ethyl adjacent to an activating group) is 1. The molecule has 2 rings (SSSR count). The summed E-state index contributed by atoms with van der Waals surface area (Å²) in [5.74, 6) is 0.964. The van der Waals surface area contributed by atoms with E-state index in [1.807, 2.05) is 19.2 Å². The van der Waals surface area contributed by atoms with Gasteiger partial charge in [-0.2, -0.15) is 0 Å². The van der Waals surface area contributed by atoms with E-state index in [-0.39, 0.29) is 12.1 Å². The maximum Gasteiger partial charge on any atom is 0.123 e. The van der Waals surface area contributed by atoms with Crippen LogP contribution in [0.15, 0.2) is 22.8 Å². The largest absolute Gasteiger partial charge is 0.468 e. The monoisotopic (exact) mass is 195 g/mol. The lowest BCUT2D eigenvalue weighted by atomic mass is 10.1. The Labute approximate surface area is 84.4 Å². The van der Waals surface area contributed by atoms with E-state index in [2.05, 4.69) is 12.2 Å². The lowest BCUT2D eigenvalue weighted by Gasteiger charge is -2.20. The van der Waals surface area contributed by atoms with Crippen LogP contribution in [-0.2, 0) is 4.74 Å². The molecule has 3 heteroatoms. The summed E-state index contributed by atoms with van der Waals surface area (Å²) < 4.78 is 11.2. The molecule has 3 nitrogen and oxygen atoms in total. The summed E-state index contributed by atoms with van der Waals surface area (Å²) in [5.41, 5.74) is 0. The fourth-order valence-electron chi connectivity index (χ4n) is 2.06. The highest BCUT2D eigenvalue weighted by Crippen LogP contribution is 2.29. The quantitative estimate of drug-likeness (QED) is 0.802. The Bertz CT molecular complexity index is 271. The van der Waals surface area contributed by atoms with E-state index in [0.29, 0.717) is 6.10 Å². The normalized spacial score (nSPS) is 29.3. The van der Waals surface area contributed by atoms with Gasteiger partial charge in [-0.05, 0) is 38.9 Å². The van der Waals surface area contributed by atoms with Crippen LogP contribution in [-0.4, -0.2) is 19.3 Å². The van der Waals surface area contributed by atoms with Crippen LogP contribution in [0.5, 0.6) is 0 Å². The van der Waals surface area contributed by atoms with Crippen molar-refractivity contribution in [1.29, 1.82) is 0 Å². The molecule has 1 aromatic heterocycles. The van der Waals surface area contributed by atoms with Gasteiger partial charge in [0.15, 0.2) is 0 Å². The molecule has 3 unspecified atom stereocenters. The van der Waals surface area contributed by atoms with E-state index in [0.717, 1.165) is 18.6 Å². The van der Waals surface area contributed by atoms with Gasteiger partial charge in [0.25, 0.3) is 0 Å². The van der Waals surface area contributed by atoms with Crippen LogP contribution in [0, 0.1) is 0 Å². The second-order valence-corrected chi connectivity index (χ2v) is 3.84. The van der Waals surface area contributed by atoms with Crippen LogP contribution in [0.25, 0.3) is 0 Å². The Kier molecular flexibility index (Phi) is 2.89. The molecular formula is C11H17NO2. The fourth-order valence-corrected chi connectivity index (χ4v) is 2.06. The van der Waals surface area contributed by atoms with Crippen molar-refractivity contribution in [2.24, 2.45) is 0 Å². The van der Waals surface area contributed by atoms with Crippen molar-refractivity contribution in [1.82, 2.24) is 5.32 Å². The number of hydrogen-bond acceptors (Lipinski definition) is 3. The van der Waals surface area contributed by atoms with Crippen molar-refractivity contribution in [3.8, 4) is 0 Å². The zero-order chi connectivity index (χ0) is 9.97. The van der Waals surface area contributed by atoms with Crippen molar-refractivity contribution in [2.75, 3.05) is 7.05 Å². The molecule has 1 N–H and O–H groups in total. The number of ether oxygens (including phenoxy) is 1. The Morgan fingerprint density at radius 1 is 1.50 bits per heavy atom. The first kappa shape index (κ1) is 9.74. The molecule has 3 atom stereocenters. The van der Waals surface area contributed by atoms with Crippen LogP contribution in [0.2, 0.25) is 0 Å². The Morgan fingerprint density at radius 3 is 2.86 bits per heavy atom. The number of furan rings is 1. The summed E-state index contributed by atoms with van der Waals surface area (Å²) in [6, 6.07) is 4.10. The highest BCUT2D eigenvalue weighted by Gasteiger charge is 2.31. The molecule has 0 saturated carbocycles. The molecule has 2 heterocycles. The van der Waals surface area contributed by atoms with Crippen LogP contribution in [0.1, 0.15) is 31.6 Å². The SMILES string of the molecule is CNC(c1ccco1)C1CCC(C)O1. The summed E-state index contributed by atoms with van der Waals surface area (Å²) in [6.07, 6.45) is 4.58. The molecule has 1 aliphatic rings. The van der Waals surface area contributed by atoms with Gasteiger partial charge >= 0.3 is 0 Å². The molecular weight excluding hydrogens is 178 g/mol. The third kappa shape index (κ3) is 1.83. The van der Waals surface area contributed by atoms with Gasteiger partial charge in [-0.15, -0.1) is 0 Å². The van der Waals surface area contributed by atoms with E-state index in [1.54, 1.807) is 6.26 Å². The smallest absolute Gasteiger partial charge is 0.123 e. The van der Waals surface area contributed by atoms with Crippen molar-refractivity contribution in [2.45, 2.75) is 38.0 Å². The van der Waals surface area contributed by atoms with Crippen molar-refractivity contribution < 1.29 is 9.15 Å². The van der Waals surface area contributed by atoms with Crippen LogP contribution >= 0.6 is 0 Å². The van der Waals surface area contributed by atoms with E-state index in [4.69, 9.17) is 9.15 Å². The summed E-state index contributed by atoms with van der Waals surface area (Å²) in [7, 11) is 1.94. The molecule has 0 radical (unpaired) electrons. The molecule has 1 fully saturated rings. The molecule has 0 bridgehead atoms. The van der Waals surface area contributed by atoms with Gasteiger partial charge in [0.1, 0.15) is 5.76 Å². The number of nitrogens with one attached hydrogen (secondary N) is 1. The first-order valence-electron chi connectivity index (χ1n) is 5.17. The lowest BCUT2D eigenvalue weighted by Crippen LogP contribution is -2.29. The van der Waals surface area contributed by atoms with Gasteiger partial charge in [-0.3, -0.25) is 0 Å². The van der Waals surface area contributed by atoms with Gasteiger partial charge < -0.3 is 14.5 Å². The molecule has 0 amide bonds. The molecule has 0 aromatic carbocycles. The van der Waals surface area contributed by atoms with Crippen LogP contribution < -0.4 is 5.32 Å². The first-order chi connectivity index (χ1) is 6.81. The summed E-state index contributed by atoms with van der Waals surface area (Å²) in [4.78, 5) is 0. The Balaban J connectivity index is 2.07. The second-order valence-electron chi connectivity index (χ2n) is 3.84. The molecule has 78 valence electrons. The van der Waals surface area contributed by atoms with Crippen LogP contribution in [0.4, 0.5) is 0 Å². The second kappa shape index (κ2) is 4.15. The van der Waals surface area contributed by atoms with Crippen LogP contribution in [0.3, 0.4) is 0 Å². The maximum absolute atomic E-state index is 5.82. The van der Waals surface area contributed by atoms with E-state index < -0.39 is 0 Å². The highest BCUT2D eigenvalue weighted by atomic mass is 16.5. The number of rotatable bonds is 3. The minimum absolute atomic E-state index is 0.190. The third-order valence-corrected chi connectivity index (χ3v) is 2.80. The summed E-state index contributed by atoms with van der Waals surface area (Å²) in [5, 5.41) is 3.25.